The molecular weight excluding hydrogens is 266 g/mol. The van der Waals surface area contributed by atoms with Gasteiger partial charge in [-0.1, -0.05) is 53.2 Å². The van der Waals surface area contributed by atoms with Gasteiger partial charge in [0.1, 0.15) is 5.03 Å². The van der Waals surface area contributed by atoms with Crippen molar-refractivity contribution in [2.24, 2.45) is 0 Å². The fraction of sp³-hybridized carbons (Fsp3) is 0.143. The minimum absolute atomic E-state index is 0.0849. The quantitative estimate of drug-likeness (QED) is 0.624. The number of pyridine rings is 1. The summed E-state index contributed by atoms with van der Waals surface area (Å²) in [4.78, 5) is 16.1. The summed E-state index contributed by atoms with van der Waals surface area (Å²) < 4.78 is 0. The second kappa shape index (κ2) is 6.03. The lowest BCUT2D eigenvalue weighted by molar-refractivity contribution is 0.102. The molecule has 92 valence electrons. The van der Waals surface area contributed by atoms with E-state index in [0.29, 0.717) is 15.8 Å². The number of halogens is 1. The molecule has 0 amide bonds. The molecule has 0 bridgehead atoms. The van der Waals surface area contributed by atoms with Crippen molar-refractivity contribution in [2.75, 3.05) is 5.75 Å². The minimum atomic E-state index is 0.0849. The number of nitrogens with zero attached hydrogens (tertiary/aromatic N) is 1. The van der Waals surface area contributed by atoms with Crippen LogP contribution in [0.5, 0.6) is 0 Å². The summed E-state index contributed by atoms with van der Waals surface area (Å²) in [5, 5.41) is 1.28. The van der Waals surface area contributed by atoms with Crippen LogP contribution in [-0.2, 0) is 0 Å². The van der Waals surface area contributed by atoms with Crippen LogP contribution in [-0.4, -0.2) is 16.5 Å². The molecule has 1 aromatic heterocycles. The number of rotatable bonds is 4. The molecular formula is C14H12ClNOS. The highest BCUT2D eigenvalue weighted by molar-refractivity contribution is 8.00. The normalized spacial score (nSPS) is 10.3. The third-order valence-electron chi connectivity index (χ3n) is 2.44. The zero-order valence-electron chi connectivity index (χ0n) is 9.89. The maximum absolute atomic E-state index is 11.9. The predicted octanol–water partition coefficient (Wildman–Crippen LogP) is 4.02. The number of benzene rings is 1. The van der Waals surface area contributed by atoms with E-state index in [2.05, 4.69) is 4.98 Å². The molecule has 0 fully saturated rings. The van der Waals surface area contributed by atoms with Gasteiger partial charge in [0.25, 0.3) is 0 Å². The first kappa shape index (κ1) is 13.1. The van der Waals surface area contributed by atoms with Crippen LogP contribution in [0.4, 0.5) is 0 Å². The van der Waals surface area contributed by atoms with Crippen molar-refractivity contribution < 1.29 is 4.79 Å². The number of carbonyl (C=O) groups excluding carboxylic acids is 1. The average molecular weight is 278 g/mol. The van der Waals surface area contributed by atoms with Crippen molar-refractivity contribution in [1.29, 1.82) is 0 Å². The van der Waals surface area contributed by atoms with E-state index in [9.17, 15) is 4.79 Å². The summed E-state index contributed by atoms with van der Waals surface area (Å²) >= 11 is 7.34. The van der Waals surface area contributed by atoms with Crippen LogP contribution in [0.25, 0.3) is 0 Å². The van der Waals surface area contributed by atoms with E-state index >= 15 is 0 Å². The fourth-order valence-corrected chi connectivity index (χ4v) is 2.50. The zero-order chi connectivity index (χ0) is 13.0. The van der Waals surface area contributed by atoms with E-state index in [1.54, 1.807) is 18.3 Å². The summed E-state index contributed by atoms with van der Waals surface area (Å²) in [7, 11) is 0. The van der Waals surface area contributed by atoms with Gasteiger partial charge >= 0.3 is 0 Å². The molecule has 18 heavy (non-hydrogen) atoms. The number of carbonyl (C=O) groups is 1. The van der Waals surface area contributed by atoms with Crippen LogP contribution in [0.1, 0.15) is 15.9 Å². The Hall–Kier alpha value is -1.32. The highest BCUT2D eigenvalue weighted by Crippen LogP contribution is 2.24. The summed E-state index contributed by atoms with van der Waals surface area (Å²) in [6.45, 7) is 2.00. The van der Waals surface area contributed by atoms with E-state index in [-0.39, 0.29) is 5.78 Å². The molecule has 0 aliphatic carbocycles. The van der Waals surface area contributed by atoms with Gasteiger partial charge in [0, 0.05) is 11.8 Å². The maximum atomic E-state index is 11.9. The van der Waals surface area contributed by atoms with Crippen LogP contribution in [0.3, 0.4) is 0 Å². The Morgan fingerprint density at radius 2 is 2.00 bits per heavy atom. The van der Waals surface area contributed by atoms with Gasteiger partial charge < -0.3 is 0 Å². The Kier molecular flexibility index (Phi) is 4.39. The molecule has 0 radical (unpaired) electrons. The van der Waals surface area contributed by atoms with Crippen molar-refractivity contribution >= 4 is 29.1 Å². The van der Waals surface area contributed by atoms with Gasteiger partial charge in [0.05, 0.1) is 10.8 Å². The highest BCUT2D eigenvalue weighted by atomic mass is 35.5. The van der Waals surface area contributed by atoms with E-state index in [0.717, 1.165) is 11.1 Å². The van der Waals surface area contributed by atoms with E-state index in [1.165, 1.54) is 11.8 Å². The largest absolute Gasteiger partial charge is 0.293 e. The van der Waals surface area contributed by atoms with Crippen molar-refractivity contribution in [3.8, 4) is 0 Å². The maximum Gasteiger partial charge on any atom is 0.173 e. The standard InChI is InChI=1S/C14H12ClNOS/c1-10-4-6-11(7-5-10)13(17)9-18-14-12(15)3-2-8-16-14/h2-8H,9H2,1H3. The van der Waals surface area contributed by atoms with Gasteiger partial charge in [-0.15, -0.1) is 0 Å². The number of ketones is 1. The lowest BCUT2D eigenvalue weighted by Gasteiger charge is -2.03. The summed E-state index contributed by atoms with van der Waals surface area (Å²) in [5.41, 5.74) is 1.87. The minimum Gasteiger partial charge on any atom is -0.293 e. The second-order valence-electron chi connectivity index (χ2n) is 3.87. The van der Waals surface area contributed by atoms with Crippen LogP contribution >= 0.6 is 23.4 Å². The number of aryl methyl sites for hydroxylation is 1. The Bertz CT molecular complexity index is 554. The molecule has 2 aromatic rings. The molecule has 0 aliphatic rings. The van der Waals surface area contributed by atoms with Gasteiger partial charge in [0.2, 0.25) is 0 Å². The third kappa shape index (κ3) is 3.34. The van der Waals surface area contributed by atoms with Gasteiger partial charge in [-0.25, -0.2) is 4.98 Å². The Balaban J connectivity index is 2.01. The summed E-state index contributed by atoms with van der Waals surface area (Å²) in [5.74, 6) is 0.432. The zero-order valence-corrected chi connectivity index (χ0v) is 11.5. The first-order valence-corrected chi connectivity index (χ1v) is 6.86. The van der Waals surface area contributed by atoms with Crippen molar-refractivity contribution in [3.05, 3.63) is 58.7 Å². The van der Waals surface area contributed by atoms with E-state index in [1.807, 2.05) is 31.2 Å². The molecule has 0 saturated carbocycles. The van der Waals surface area contributed by atoms with Crippen LogP contribution < -0.4 is 0 Å². The summed E-state index contributed by atoms with van der Waals surface area (Å²) in [6.07, 6.45) is 1.67. The smallest absolute Gasteiger partial charge is 0.173 e. The third-order valence-corrected chi connectivity index (χ3v) is 3.86. The molecule has 0 unspecified atom stereocenters. The van der Waals surface area contributed by atoms with Crippen LogP contribution in [0, 0.1) is 6.92 Å². The topological polar surface area (TPSA) is 30.0 Å². The van der Waals surface area contributed by atoms with Crippen LogP contribution in [0.15, 0.2) is 47.6 Å². The highest BCUT2D eigenvalue weighted by Gasteiger charge is 2.08. The number of Topliss-reactive ketones (excluding diaryl/α,β-unsaturated/α-hetero) is 1. The van der Waals surface area contributed by atoms with Crippen LogP contribution in [0.2, 0.25) is 5.02 Å². The van der Waals surface area contributed by atoms with Crippen molar-refractivity contribution in [3.63, 3.8) is 0 Å². The number of aromatic nitrogens is 1. The monoisotopic (exact) mass is 277 g/mol. The molecule has 1 heterocycles. The van der Waals surface area contributed by atoms with Gasteiger partial charge in [-0.2, -0.15) is 0 Å². The van der Waals surface area contributed by atoms with E-state index in [4.69, 9.17) is 11.6 Å². The Morgan fingerprint density at radius 3 is 2.67 bits per heavy atom. The molecule has 0 aliphatic heterocycles. The summed E-state index contributed by atoms with van der Waals surface area (Å²) in [6, 6.07) is 11.1. The van der Waals surface area contributed by atoms with Gasteiger partial charge in [-0.05, 0) is 19.1 Å². The Labute approximate surface area is 115 Å². The van der Waals surface area contributed by atoms with Crippen molar-refractivity contribution in [1.82, 2.24) is 4.98 Å². The molecule has 0 atom stereocenters. The molecule has 0 saturated heterocycles. The lowest BCUT2D eigenvalue weighted by Crippen LogP contribution is -2.02. The molecule has 2 rings (SSSR count). The molecule has 0 N–H and O–H groups in total. The molecule has 4 heteroatoms. The van der Waals surface area contributed by atoms with Gasteiger partial charge in [0.15, 0.2) is 5.78 Å². The number of hydrogen-bond acceptors (Lipinski definition) is 3. The SMILES string of the molecule is Cc1ccc(C(=O)CSc2ncccc2Cl)cc1. The lowest BCUT2D eigenvalue weighted by atomic mass is 10.1. The van der Waals surface area contributed by atoms with Crippen molar-refractivity contribution in [2.45, 2.75) is 11.9 Å². The second-order valence-corrected chi connectivity index (χ2v) is 5.24. The first-order chi connectivity index (χ1) is 8.66. The fourth-order valence-electron chi connectivity index (χ4n) is 1.43. The number of hydrogen-bond donors (Lipinski definition) is 0. The Morgan fingerprint density at radius 1 is 1.28 bits per heavy atom. The van der Waals surface area contributed by atoms with E-state index < -0.39 is 0 Å². The number of thioether (sulfide) groups is 1. The molecule has 1 aromatic carbocycles. The predicted molar refractivity (Wildman–Crippen MR) is 75.5 cm³/mol. The average Bonchev–Trinajstić information content (AvgIpc) is 2.38. The first-order valence-electron chi connectivity index (χ1n) is 5.50. The molecule has 2 nitrogen and oxygen atoms in total. The van der Waals surface area contributed by atoms with Gasteiger partial charge in [-0.3, -0.25) is 4.79 Å². The molecule has 0 spiro atoms.